The lowest BCUT2D eigenvalue weighted by molar-refractivity contribution is -0.274. The standard InChI is InChI=1S/C27H20F5N3O4S/c1-26(2,35-22(36)16-5-11-20(12-6-16)39-27(30,31)32)24(37)34-25-33-21(15-3-7-17(28)8-4-15)23(40-25)38-19-13-9-18(29)10-14-19/h3-14H,1-2H3,(H,35,36)(H,33,34,37). The Balaban J connectivity index is 1.51. The molecule has 0 aliphatic carbocycles. The third-order valence-corrected chi connectivity index (χ3v) is 6.15. The molecule has 0 bridgehead atoms. The second-order valence-electron chi connectivity index (χ2n) is 8.82. The molecule has 0 atom stereocenters. The zero-order chi connectivity index (χ0) is 29.1. The molecule has 0 saturated carbocycles. The summed E-state index contributed by atoms with van der Waals surface area (Å²) in [5, 5.41) is 5.45. The van der Waals surface area contributed by atoms with E-state index in [9.17, 15) is 31.5 Å². The van der Waals surface area contributed by atoms with Crippen molar-refractivity contribution >= 4 is 28.3 Å². The van der Waals surface area contributed by atoms with Crippen LogP contribution < -0.4 is 20.1 Å². The van der Waals surface area contributed by atoms with Gasteiger partial charge in [-0.15, -0.1) is 13.2 Å². The van der Waals surface area contributed by atoms with Crippen molar-refractivity contribution in [1.29, 1.82) is 0 Å². The van der Waals surface area contributed by atoms with E-state index in [1.54, 1.807) is 0 Å². The number of anilines is 1. The van der Waals surface area contributed by atoms with Crippen LogP contribution in [0, 0.1) is 11.6 Å². The van der Waals surface area contributed by atoms with Gasteiger partial charge in [0.1, 0.15) is 34.4 Å². The number of nitrogens with zero attached hydrogens (tertiary/aromatic N) is 1. The molecule has 1 heterocycles. The molecule has 0 aliphatic heterocycles. The van der Waals surface area contributed by atoms with Gasteiger partial charge in [-0.3, -0.25) is 14.9 Å². The molecular formula is C27H20F5N3O4S. The van der Waals surface area contributed by atoms with Crippen LogP contribution in [0.5, 0.6) is 16.6 Å². The van der Waals surface area contributed by atoms with Crippen LogP contribution in [0.1, 0.15) is 24.2 Å². The number of alkyl halides is 3. The third-order valence-electron chi connectivity index (χ3n) is 5.30. The molecule has 1 aromatic heterocycles. The molecule has 4 rings (SSSR count). The van der Waals surface area contributed by atoms with Crippen molar-refractivity contribution in [3.05, 3.63) is 90.0 Å². The number of hydrogen-bond donors (Lipinski definition) is 2. The third kappa shape index (κ3) is 7.32. The van der Waals surface area contributed by atoms with Crippen molar-refractivity contribution in [2.24, 2.45) is 0 Å². The van der Waals surface area contributed by atoms with Crippen molar-refractivity contribution in [3.63, 3.8) is 0 Å². The second kappa shape index (κ2) is 11.3. The molecule has 0 saturated heterocycles. The number of aromatic nitrogens is 1. The van der Waals surface area contributed by atoms with E-state index >= 15 is 0 Å². The molecule has 0 spiro atoms. The van der Waals surface area contributed by atoms with Crippen molar-refractivity contribution in [1.82, 2.24) is 10.3 Å². The van der Waals surface area contributed by atoms with Gasteiger partial charge >= 0.3 is 6.36 Å². The number of ether oxygens (including phenoxy) is 2. The molecule has 13 heteroatoms. The van der Waals surface area contributed by atoms with Crippen LogP contribution >= 0.6 is 11.3 Å². The first-order valence-corrected chi connectivity index (χ1v) is 12.3. The monoisotopic (exact) mass is 577 g/mol. The van der Waals surface area contributed by atoms with Gasteiger partial charge < -0.3 is 14.8 Å². The van der Waals surface area contributed by atoms with Crippen LogP contribution in [0.25, 0.3) is 11.3 Å². The van der Waals surface area contributed by atoms with E-state index in [4.69, 9.17) is 4.74 Å². The van der Waals surface area contributed by atoms with Crippen molar-refractivity contribution < 1.29 is 41.0 Å². The number of halogens is 5. The Morgan fingerprint density at radius 1 is 0.825 bits per heavy atom. The highest BCUT2D eigenvalue weighted by Gasteiger charge is 2.32. The van der Waals surface area contributed by atoms with Crippen molar-refractivity contribution in [2.45, 2.75) is 25.7 Å². The van der Waals surface area contributed by atoms with E-state index < -0.39 is 41.1 Å². The van der Waals surface area contributed by atoms with Gasteiger partial charge in [0.05, 0.1) is 0 Å². The lowest BCUT2D eigenvalue weighted by atomic mass is 10.0. The predicted molar refractivity (Wildman–Crippen MR) is 137 cm³/mol. The van der Waals surface area contributed by atoms with Gasteiger partial charge in [0, 0.05) is 11.1 Å². The number of rotatable bonds is 8. The van der Waals surface area contributed by atoms with Crippen LogP contribution in [0.4, 0.5) is 27.1 Å². The van der Waals surface area contributed by atoms with E-state index in [1.807, 2.05) is 0 Å². The number of nitrogens with one attached hydrogen (secondary N) is 2. The van der Waals surface area contributed by atoms with Gasteiger partial charge in [-0.2, -0.15) is 0 Å². The minimum Gasteiger partial charge on any atom is -0.444 e. The fourth-order valence-corrected chi connectivity index (χ4v) is 4.16. The number of hydrogen-bond acceptors (Lipinski definition) is 6. The zero-order valence-corrected chi connectivity index (χ0v) is 21.6. The number of amides is 2. The molecule has 208 valence electrons. The molecule has 0 aliphatic rings. The Morgan fingerprint density at radius 2 is 1.38 bits per heavy atom. The van der Waals surface area contributed by atoms with Crippen molar-refractivity contribution in [3.8, 4) is 27.8 Å². The van der Waals surface area contributed by atoms with Crippen LogP contribution in [-0.4, -0.2) is 28.7 Å². The van der Waals surface area contributed by atoms with Gasteiger partial charge in [-0.1, -0.05) is 11.3 Å². The fraction of sp³-hybridized carbons (Fsp3) is 0.148. The van der Waals surface area contributed by atoms with Crippen molar-refractivity contribution in [2.75, 3.05) is 5.32 Å². The average Bonchev–Trinajstić information content (AvgIpc) is 3.27. The Morgan fingerprint density at radius 3 is 1.95 bits per heavy atom. The fourth-order valence-electron chi connectivity index (χ4n) is 3.30. The predicted octanol–water partition coefficient (Wildman–Crippen LogP) is 6.93. The van der Waals surface area contributed by atoms with E-state index in [-0.39, 0.29) is 21.5 Å². The normalized spacial score (nSPS) is 11.6. The Bertz CT molecular complexity index is 1500. The average molecular weight is 578 g/mol. The van der Waals surface area contributed by atoms with Crippen LogP contribution in [0.15, 0.2) is 72.8 Å². The maximum atomic E-state index is 13.5. The number of carbonyl (C=O) groups excluding carboxylic acids is 2. The summed E-state index contributed by atoms with van der Waals surface area (Å²) in [6.07, 6.45) is -4.87. The maximum absolute atomic E-state index is 13.5. The van der Waals surface area contributed by atoms with Gasteiger partial charge in [0.2, 0.25) is 5.06 Å². The summed E-state index contributed by atoms with van der Waals surface area (Å²) in [5.74, 6) is -2.51. The van der Waals surface area contributed by atoms with Gasteiger partial charge in [0.25, 0.3) is 11.8 Å². The summed E-state index contributed by atoms with van der Waals surface area (Å²) < 4.78 is 73.5. The molecule has 0 radical (unpaired) electrons. The van der Waals surface area contributed by atoms with Crippen LogP contribution in [0.3, 0.4) is 0 Å². The smallest absolute Gasteiger partial charge is 0.444 e. The molecular weight excluding hydrogens is 557 g/mol. The summed E-state index contributed by atoms with van der Waals surface area (Å²) >= 11 is 0.952. The maximum Gasteiger partial charge on any atom is 0.573 e. The van der Waals surface area contributed by atoms with Crippen LogP contribution in [0.2, 0.25) is 0 Å². The Labute approximate surface area is 228 Å². The highest BCUT2D eigenvalue weighted by Crippen LogP contribution is 2.41. The number of benzene rings is 3. The first kappa shape index (κ1) is 28.5. The summed E-state index contributed by atoms with van der Waals surface area (Å²) in [5.41, 5.74) is -0.718. The van der Waals surface area contributed by atoms with Gasteiger partial charge in [-0.05, 0) is 86.6 Å². The lowest BCUT2D eigenvalue weighted by Gasteiger charge is -2.24. The number of carbonyl (C=O) groups is 2. The molecule has 0 fully saturated rings. The Kier molecular flexibility index (Phi) is 8.05. The molecule has 4 aromatic rings. The molecule has 40 heavy (non-hydrogen) atoms. The molecule has 2 N–H and O–H groups in total. The van der Waals surface area contributed by atoms with E-state index in [2.05, 4.69) is 20.4 Å². The van der Waals surface area contributed by atoms with Gasteiger partial charge in [-0.25, -0.2) is 13.8 Å². The minimum atomic E-state index is -4.87. The molecule has 0 unspecified atom stereocenters. The van der Waals surface area contributed by atoms with E-state index in [1.165, 1.54) is 62.4 Å². The summed E-state index contributed by atoms with van der Waals surface area (Å²) in [4.78, 5) is 30.1. The van der Waals surface area contributed by atoms with E-state index in [0.717, 1.165) is 35.6 Å². The van der Waals surface area contributed by atoms with E-state index in [0.29, 0.717) is 11.3 Å². The first-order valence-electron chi connectivity index (χ1n) is 11.5. The SMILES string of the molecule is CC(C)(NC(=O)c1ccc(OC(F)(F)F)cc1)C(=O)Nc1nc(-c2ccc(F)cc2)c(Oc2ccc(F)cc2)s1. The summed E-state index contributed by atoms with van der Waals surface area (Å²) in [6.45, 7) is 2.84. The minimum absolute atomic E-state index is 0.00164. The quantitative estimate of drug-likeness (QED) is 0.222. The zero-order valence-electron chi connectivity index (χ0n) is 20.8. The lowest BCUT2D eigenvalue weighted by Crippen LogP contribution is -2.52. The van der Waals surface area contributed by atoms with Gasteiger partial charge in [0.15, 0.2) is 5.13 Å². The van der Waals surface area contributed by atoms with Crippen LogP contribution in [-0.2, 0) is 4.79 Å². The first-order chi connectivity index (χ1) is 18.8. The summed E-state index contributed by atoms with van der Waals surface area (Å²) in [7, 11) is 0. The largest absolute Gasteiger partial charge is 0.573 e. The summed E-state index contributed by atoms with van der Waals surface area (Å²) in [6, 6.07) is 14.8. The molecule has 2 amide bonds. The number of thiazole rings is 1. The Hall–Kier alpha value is -4.52. The molecule has 3 aromatic carbocycles. The second-order valence-corrected chi connectivity index (χ2v) is 9.78. The topological polar surface area (TPSA) is 89.5 Å². The molecule has 7 nitrogen and oxygen atoms in total. The highest BCUT2D eigenvalue weighted by atomic mass is 32.1. The highest BCUT2D eigenvalue weighted by molar-refractivity contribution is 7.18.